The van der Waals surface area contributed by atoms with Crippen molar-refractivity contribution < 1.29 is 9.84 Å². The van der Waals surface area contributed by atoms with Crippen LogP contribution in [0.1, 0.15) is 12.0 Å². The predicted molar refractivity (Wildman–Crippen MR) is 78.3 cm³/mol. The SMILES string of the molecule is COc1c(Cl)cc(CC2CN(C)CCC2O)cc1Cl. The molecule has 19 heavy (non-hydrogen) atoms. The largest absolute Gasteiger partial charge is 0.494 e. The Labute approximate surface area is 124 Å². The van der Waals surface area contributed by atoms with Crippen molar-refractivity contribution in [3.8, 4) is 5.75 Å². The molecule has 0 aliphatic carbocycles. The molecule has 1 saturated heterocycles. The molecule has 3 nitrogen and oxygen atoms in total. The molecule has 1 N–H and O–H groups in total. The van der Waals surface area contributed by atoms with Crippen molar-refractivity contribution in [1.82, 2.24) is 4.90 Å². The second-order valence-corrected chi connectivity index (χ2v) is 5.99. The van der Waals surface area contributed by atoms with Crippen molar-refractivity contribution in [1.29, 1.82) is 0 Å². The van der Waals surface area contributed by atoms with Gasteiger partial charge in [0, 0.05) is 19.0 Å². The molecule has 2 unspecified atom stereocenters. The number of halogens is 2. The third-order valence-corrected chi connectivity index (χ3v) is 4.22. The first-order valence-electron chi connectivity index (χ1n) is 6.39. The highest BCUT2D eigenvalue weighted by atomic mass is 35.5. The Balaban J connectivity index is 2.14. The highest BCUT2D eigenvalue weighted by Gasteiger charge is 2.26. The van der Waals surface area contributed by atoms with Crippen LogP contribution >= 0.6 is 23.2 Å². The summed E-state index contributed by atoms with van der Waals surface area (Å²) in [5, 5.41) is 11.1. The summed E-state index contributed by atoms with van der Waals surface area (Å²) in [6, 6.07) is 3.74. The zero-order valence-electron chi connectivity index (χ0n) is 11.2. The van der Waals surface area contributed by atoms with Gasteiger partial charge in [-0.3, -0.25) is 0 Å². The number of piperidine rings is 1. The van der Waals surface area contributed by atoms with Gasteiger partial charge >= 0.3 is 0 Å². The average molecular weight is 304 g/mol. The molecule has 0 spiro atoms. The van der Waals surface area contributed by atoms with Gasteiger partial charge in [-0.1, -0.05) is 23.2 Å². The van der Waals surface area contributed by atoms with Gasteiger partial charge in [0.05, 0.1) is 23.3 Å². The minimum Gasteiger partial charge on any atom is -0.494 e. The molecule has 1 aromatic rings. The minimum atomic E-state index is -0.254. The van der Waals surface area contributed by atoms with Crippen LogP contribution in [-0.2, 0) is 6.42 Å². The topological polar surface area (TPSA) is 32.7 Å². The molecule has 106 valence electrons. The molecule has 0 radical (unpaired) electrons. The van der Waals surface area contributed by atoms with Crippen LogP contribution in [0.25, 0.3) is 0 Å². The van der Waals surface area contributed by atoms with E-state index >= 15 is 0 Å². The standard InChI is InChI=1S/C14H19Cl2NO2/c1-17-4-3-13(18)10(8-17)5-9-6-11(15)14(19-2)12(16)7-9/h6-7,10,13,18H,3-5,8H2,1-2H3. The number of hydrogen-bond donors (Lipinski definition) is 1. The third kappa shape index (κ3) is 3.54. The quantitative estimate of drug-likeness (QED) is 0.932. The van der Waals surface area contributed by atoms with Gasteiger partial charge in [-0.05, 0) is 37.6 Å². The molecule has 2 rings (SSSR count). The van der Waals surface area contributed by atoms with Crippen LogP contribution in [0.3, 0.4) is 0 Å². The third-order valence-electron chi connectivity index (χ3n) is 3.66. The molecule has 5 heteroatoms. The average Bonchev–Trinajstić information content (AvgIpc) is 2.33. The predicted octanol–water partition coefficient (Wildman–Crippen LogP) is 2.86. The molecule has 0 aromatic heterocycles. The number of ether oxygens (including phenoxy) is 1. The molecule has 2 atom stereocenters. The van der Waals surface area contributed by atoms with Gasteiger partial charge in [0.1, 0.15) is 0 Å². The van der Waals surface area contributed by atoms with Crippen LogP contribution in [0.2, 0.25) is 10.0 Å². The van der Waals surface area contributed by atoms with E-state index in [2.05, 4.69) is 11.9 Å². The highest BCUT2D eigenvalue weighted by Crippen LogP contribution is 2.35. The maximum absolute atomic E-state index is 10.1. The van der Waals surface area contributed by atoms with Gasteiger partial charge in [-0.25, -0.2) is 0 Å². The van der Waals surface area contributed by atoms with Crippen LogP contribution in [0.15, 0.2) is 12.1 Å². The summed E-state index contributed by atoms with van der Waals surface area (Å²) in [6.45, 7) is 1.84. The van der Waals surface area contributed by atoms with Gasteiger partial charge in [0.2, 0.25) is 0 Å². The van der Waals surface area contributed by atoms with Crippen LogP contribution < -0.4 is 4.74 Å². The van der Waals surface area contributed by atoms with Crippen molar-refractivity contribution >= 4 is 23.2 Å². The van der Waals surface area contributed by atoms with E-state index in [0.717, 1.165) is 31.5 Å². The Kier molecular flexibility index (Phi) is 4.96. The number of aliphatic hydroxyl groups is 1. The van der Waals surface area contributed by atoms with E-state index in [-0.39, 0.29) is 12.0 Å². The normalized spacial score (nSPS) is 24.5. The fraction of sp³-hybridized carbons (Fsp3) is 0.571. The number of hydrogen-bond acceptors (Lipinski definition) is 3. The lowest BCUT2D eigenvalue weighted by Gasteiger charge is -2.34. The lowest BCUT2D eigenvalue weighted by molar-refractivity contribution is 0.0366. The van der Waals surface area contributed by atoms with E-state index in [1.54, 1.807) is 7.11 Å². The van der Waals surface area contributed by atoms with E-state index in [0.29, 0.717) is 15.8 Å². The molecule has 1 aliphatic heterocycles. The summed E-state index contributed by atoms with van der Waals surface area (Å²) in [5.74, 6) is 0.729. The molecule has 1 fully saturated rings. The zero-order chi connectivity index (χ0) is 14.0. The van der Waals surface area contributed by atoms with Crippen LogP contribution in [0.4, 0.5) is 0 Å². The first kappa shape index (κ1) is 14.9. The Hall–Kier alpha value is -0.480. The van der Waals surface area contributed by atoms with Crippen molar-refractivity contribution in [3.63, 3.8) is 0 Å². The fourth-order valence-corrected chi connectivity index (χ4v) is 3.32. The fourth-order valence-electron chi connectivity index (χ4n) is 2.63. The second kappa shape index (κ2) is 6.31. The first-order chi connectivity index (χ1) is 9.01. The Morgan fingerprint density at radius 3 is 2.58 bits per heavy atom. The summed E-state index contributed by atoms with van der Waals surface area (Å²) in [6.07, 6.45) is 1.34. The maximum atomic E-state index is 10.1. The summed E-state index contributed by atoms with van der Waals surface area (Å²) < 4.78 is 5.14. The van der Waals surface area contributed by atoms with Gasteiger partial charge in [-0.15, -0.1) is 0 Å². The molecular weight excluding hydrogens is 285 g/mol. The van der Waals surface area contributed by atoms with Crippen molar-refractivity contribution in [3.05, 3.63) is 27.7 Å². The van der Waals surface area contributed by atoms with Crippen molar-refractivity contribution in [2.24, 2.45) is 5.92 Å². The van der Waals surface area contributed by atoms with Crippen LogP contribution in [0.5, 0.6) is 5.75 Å². The second-order valence-electron chi connectivity index (χ2n) is 5.18. The van der Waals surface area contributed by atoms with E-state index in [1.165, 1.54) is 0 Å². The Bertz CT molecular complexity index is 430. The molecule has 1 aromatic carbocycles. The summed E-state index contributed by atoms with van der Waals surface area (Å²) >= 11 is 12.3. The summed E-state index contributed by atoms with van der Waals surface area (Å²) in [5.41, 5.74) is 1.04. The van der Waals surface area contributed by atoms with Gasteiger partial charge in [-0.2, -0.15) is 0 Å². The Morgan fingerprint density at radius 2 is 2.00 bits per heavy atom. The summed E-state index contributed by atoms with van der Waals surface area (Å²) in [7, 11) is 3.62. The molecule has 1 aliphatic rings. The monoisotopic (exact) mass is 303 g/mol. The van der Waals surface area contributed by atoms with Gasteiger partial charge in [0.25, 0.3) is 0 Å². The molecule has 0 amide bonds. The maximum Gasteiger partial charge on any atom is 0.156 e. The van der Waals surface area contributed by atoms with Crippen molar-refractivity contribution in [2.45, 2.75) is 18.9 Å². The number of benzene rings is 1. The Morgan fingerprint density at radius 1 is 1.37 bits per heavy atom. The van der Waals surface area contributed by atoms with E-state index in [4.69, 9.17) is 27.9 Å². The summed E-state index contributed by atoms with van der Waals surface area (Å²) in [4.78, 5) is 2.24. The van der Waals surface area contributed by atoms with Gasteiger partial charge in [0.15, 0.2) is 5.75 Å². The molecule has 0 bridgehead atoms. The number of likely N-dealkylation sites (tertiary alicyclic amines) is 1. The number of methoxy groups -OCH3 is 1. The van der Waals surface area contributed by atoms with Gasteiger partial charge < -0.3 is 14.7 Å². The smallest absolute Gasteiger partial charge is 0.156 e. The lowest BCUT2D eigenvalue weighted by atomic mass is 9.89. The molecular formula is C14H19Cl2NO2. The first-order valence-corrected chi connectivity index (χ1v) is 7.15. The number of nitrogens with zero attached hydrogens (tertiary/aromatic N) is 1. The highest BCUT2D eigenvalue weighted by molar-refractivity contribution is 6.37. The van der Waals surface area contributed by atoms with Crippen molar-refractivity contribution in [2.75, 3.05) is 27.2 Å². The van der Waals surface area contributed by atoms with Crippen LogP contribution in [0, 0.1) is 5.92 Å². The van der Waals surface area contributed by atoms with E-state index in [1.807, 2.05) is 12.1 Å². The molecule has 1 heterocycles. The number of rotatable bonds is 3. The molecule has 0 saturated carbocycles. The zero-order valence-corrected chi connectivity index (χ0v) is 12.7. The van der Waals surface area contributed by atoms with E-state index in [9.17, 15) is 5.11 Å². The lowest BCUT2D eigenvalue weighted by Crippen LogP contribution is -2.41. The number of aliphatic hydroxyl groups excluding tert-OH is 1. The minimum absolute atomic E-state index is 0.222. The van der Waals surface area contributed by atoms with E-state index < -0.39 is 0 Å². The van der Waals surface area contributed by atoms with Crippen LogP contribution in [-0.4, -0.2) is 43.4 Å².